The second-order valence-electron chi connectivity index (χ2n) is 5.36. The number of halogens is 1. The first-order valence-corrected chi connectivity index (χ1v) is 9.66. The summed E-state index contributed by atoms with van der Waals surface area (Å²) in [5, 5.41) is 11.5. The number of guanidine groups is 1. The molecular formula is C16H29IN4O3S. The molecule has 1 rings (SSSR count). The Balaban J connectivity index is 0.00000576. The molecule has 0 spiro atoms. The number of ether oxygens (including phenoxy) is 1. The van der Waals surface area contributed by atoms with Crippen LogP contribution in [-0.2, 0) is 21.3 Å². The number of primary sulfonamides is 1. The predicted molar refractivity (Wildman–Crippen MR) is 112 cm³/mol. The van der Waals surface area contributed by atoms with Gasteiger partial charge in [0.25, 0.3) is 0 Å². The van der Waals surface area contributed by atoms with Crippen LogP contribution in [0, 0.1) is 0 Å². The normalized spacial score (nSPS) is 11.7. The molecule has 0 heterocycles. The first-order valence-electron chi connectivity index (χ1n) is 8.11. The van der Waals surface area contributed by atoms with Crippen LogP contribution in [0.5, 0.6) is 0 Å². The fourth-order valence-corrected chi connectivity index (χ4v) is 2.55. The van der Waals surface area contributed by atoms with Gasteiger partial charge >= 0.3 is 0 Å². The van der Waals surface area contributed by atoms with E-state index in [1.165, 1.54) is 6.07 Å². The second-order valence-corrected chi connectivity index (χ2v) is 6.93. The van der Waals surface area contributed by atoms with Crippen molar-refractivity contribution in [3.05, 3.63) is 29.8 Å². The number of hydrogen-bond donors (Lipinski definition) is 3. The Labute approximate surface area is 167 Å². The molecule has 0 bridgehead atoms. The number of sulfonamides is 1. The number of nitrogens with zero attached hydrogens (tertiary/aromatic N) is 1. The molecule has 1 aromatic rings. The average Bonchev–Trinajstić information content (AvgIpc) is 2.56. The van der Waals surface area contributed by atoms with Gasteiger partial charge in [0, 0.05) is 33.4 Å². The molecule has 0 aliphatic rings. The number of benzene rings is 1. The van der Waals surface area contributed by atoms with E-state index >= 15 is 0 Å². The Bertz CT molecular complexity index is 624. The molecule has 0 fully saturated rings. The van der Waals surface area contributed by atoms with E-state index in [0.717, 1.165) is 44.6 Å². The summed E-state index contributed by atoms with van der Waals surface area (Å²) in [6.45, 7) is 4.88. The number of nitrogens with two attached hydrogens (primary N) is 1. The van der Waals surface area contributed by atoms with Crippen molar-refractivity contribution in [1.82, 2.24) is 10.6 Å². The summed E-state index contributed by atoms with van der Waals surface area (Å²) in [5.74, 6) is 0.657. The van der Waals surface area contributed by atoms with Gasteiger partial charge in [0.15, 0.2) is 5.96 Å². The monoisotopic (exact) mass is 484 g/mol. The van der Waals surface area contributed by atoms with Crippen LogP contribution in [0.25, 0.3) is 0 Å². The van der Waals surface area contributed by atoms with Crippen LogP contribution < -0.4 is 15.8 Å². The molecule has 0 amide bonds. The third-order valence-corrected chi connectivity index (χ3v) is 4.22. The topological polar surface area (TPSA) is 106 Å². The SMILES string of the molecule is CCCCOCCCNC(=NC)NCc1cccc(S(N)(=O)=O)c1.I. The highest BCUT2D eigenvalue weighted by Crippen LogP contribution is 2.09. The van der Waals surface area contributed by atoms with Crippen LogP contribution in [0.15, 0.2) is 34.2 Å². The van der Waals surface area contributed by atoms with E-state index in [1.54, 1.807) is 19.2 Å². The maximum absolute atomic E-state index is 11.4. The van der Waals surface area contributed by atoms with Crippen molar-refractivity contribution in [2.24, 2.45) is 10.1 Å². The van der Waals surface area contributed by atoms with Gasteiger partial charge in [-0.2, -0.15) is 0 Å². The zero-order valence-electron chi connectivity index (χ0n) is 14.8. The highest BCUT2D eigenvalue weighted by Gasteiger charge is 2.08. The van der Waals surface area contributed by atoms with Gasteiger partial charge in [-0.15, -0.1) is 24.0 Å². The number of nitrogens with one attached hydrogen (secondary N) is 2. The van der Waals surface area contributed by atoms with Crippen LogP contribution in [0.2, 0.25) is 0 Å². The molecule has 0 saturated heterocycles. The minimum Gasteiger partial charge on any atom is -0.381 e. The van der Waals surface area contributed by atoms with Crippen LogP contribution in [0.3, 0.4) is 0 Å². The van der Waals surface area contributed by atoms with E-state index in [9.17, 15) is 8.42 Å². The Hall–Kier alpha value is -0.910. The molecule has 0 saturated carbocycles. The summed E-state index contributed by atoms with van der Waals surface area (Å²) in [6, 6.07) is 6.53. The minimum atomic E-state index is -3.68. The van der Waals surface area contributed by atoms with Crippen molar-refractivity contribution in [2.45, 2.75) is 37.6 Å². The molecule has 0 aliphatic heterocycles. The van der Waals surface area contributed by atoms with Gasteiger partial charge in [0.05, 0.1) is 4.90 Å². The lowest BCUT2D eigenvalue weighted by molar-refractivity contribution is 0.129. The molecule has 1 aromatic carbocycles. The molecule has 0 aliphatic carbocycles. The molecule has 25 heavy (non-hydrogen) atoms. The van der Waals surface area contributed by atoms with Gasteiger partial charge in [-0.3, -0.25) is 4.99 Å². The maximum atomic E-state index is 11.4. The van der Waals surface area contributed by atoms with Crippen LogP contribution >= 0.6 is 24.0 Å². The van der Waals surface area contributed by atoms with E-state index in [-0.39, 0.29) is 28.9 Å². The lowest BCUT2D eigenvalue weighted by Gasteiger charge is -2.12. The zero-order chi connectivity index (χ0) is 17.8. The van der Waals surface area contributed by atoms with Crippen molar-refractivity contribution >= 4 is 40.0 Å². The van der Waals surface area contributed by atoms with Crippen molar-refractivity contribution in [3.63, 3.8) is 0 Å². The van der Waals surface area contributed by atoms with Crippen molar-refractivity contribution in [2.75, 3.05) is 26.8 Å². The van der Waals surface area contributed by atoms with Crippen molar-refractivity contribution < 1.29 is 13.2 Å². The summed E-state index contributed by atoms with van der Waals surface area (Å²) in [7, 11) is -2.00. The van der Waals surface area contributed by atoms with Gasteiger partial charge in [-0.05, 0) is 30.5 Å². The molecule has 144 valence electrons. The quantitative estimate of drug-likeness (QED) is 0.203. The summed E-state index contributed by atoms with van der Waals surface area (Å²) in [6.07, 6.45) is 3.13. The van der Waals surface area contributed by atoms with E-state index in [2.05, 4.69) is 22.5 Å². The Morgan fingerprint density at radius 2 is 1.96 bits per heavy atom. The van der Waals surface area contributed by atoms with Gasteiger partial charge < -0.3 is 15.4 Å². The summed E-state index contributed by atoms with van der Waals surface area (Å²) in [5.41, 5.74) is 0.812. The van der Waals surface area contributed by atoms with Gasteiger partial charge in [-0.25, -0.2) is 13.6 Å². The number of unbranched alkanes of at least 4 members (excludes halogenated alkanes) is 1. The zero-order valence-corrected chi connectivity index (χ0v) is 18.0. The molecule has 0 atom stereocenters. The van der Waals surface area contributed by atoms with E-state index in [1.807, 2.05) is 6.07 Å². The van der Waals surface area contributed by atoms with E-state index in [0.29, 0.717) is 12.5 Å². The fourth-order valence-electron chi connectivity index (χ4n) is 1.97. The Kier molecular flexibility index (Phi) is 12.8. The predicted octanol–water partition coefficient (Wildman–Crippen LogP) is 1.82. The number of aliphatic imine (C=N–C) groups is 1. The molecule has 4 N–H and O–H groups in total. The van der Waals surface area contributed by atoms with Crippen LogP contribution in [-0.4, -0.2) is 41.2 Å². The molecule has 0 unspecified atom stereocenters. The highest BCUT2D eigenvalue weighted by atomic mass is 127. The molecule has 7 nitrogen and oxygen atoms in total. The fraction of sp³-hybridized carbons (Fsp3) is 0.562. The van der Waals surface area contributed by atoms with Crippen molar-refractivity contribution in [1.29, 1.82) is 0 Å². The average molecular weight is 484 g/mol. The Morgan fingerprint density at radius 3 is 2.60 bits per heavy atom. The first-order chi connectivity index (χ1) is 11.5. The minimum absolute atomic E-state index is 0. The van der Waals surface area contributed by atoms with Gasteiger partial charge in [0.1, 0.15) is 0 Å². The third-order valence-electron chi connectivity index (χ3n) is 3.31. The largest absolute Gasteiger partial charge is 0.381 e. The third kappa shape index (κ3) is 10.6. The summed E-state index contributed by atoms with van der Waals surface area (Å²) >= 11 is 0. The second kappa shape index (κ2) is 13.3. The van der Waals surface area contributed by atoms with Gasteiger partial charge in [0.2, 0.25) is 10.0 Å². The van der Waals surface area contributed by atoms with Gasteiger partial charge in [-0.1, -0.05) is 25.5 Å². The molecule has 9 heteroatoms. The van der Waals surface area contributed by atoms with E-state index < -0.39 is 10.0 Å². The maximum Gasteiger partial charge on any atom is 0.238 e. The van der Waals surface area contributed by atoms with Crippen LogP contribution in [0.1, 0.15) is 31.7 Å². The van der Waals surface area contributed by atoms with Crippen LogP contribution in [0.4, 0.5) is 0 Å². The smallest absolute Gasteiger partial charge is 0.238 e. The Morgan fingerprint density at radius 1 is 1.24 bits per heavy atom. The van der Waals surface area contributed by atoms with E-state index in [4.69, 9.17) is 9.88 Å². The molecular weight excluding hydrogens is 455 g/mol. The number of hydrogen-bond acceptors (Lipinski definition) is 4. The lowest BCUT2D eigenvalue weighted by Crippen LogP contribution is -2.37. The standard InChI is InChI=1S/C16H28N4O3S.HI/c1-3-4-10-23-11-6-9-19-16(18-2)20-13-14-7-5-8-15(12-14)24(17,21)22;/h5,7-8,12H,3-4,6,9-11,13H2,1-2H3,(H2,17,21,22)(H2,18,19,20);1H. The first kappa shape index (κ1) is 24.1. The highest BCUT2D eigenvalue weighted by molar-refractivity contribution is 14.0. The summed E-state index contributed by atoms with van der Waals surface area (Å²) in [4.78, 5) is 4.24. The van der Waals surface area contributed by atoms with Crippen molar-refractivity contribution in [3.8, 4) is 0 Å². The number of rotatable bonds is 10. The summed E-state index contributed by atoms with van der Waals surface area (Å²) < 4.78 is 28.2. The lowest BCUT2D eigenvalue weighted by atomic mass is 10.2. The molecule has 0 aromatic heterocycles. The molecule has 0 radical (unpaired) electrons.